The predicted molar refractivity (Wildman–Crippen MR) is 100.0 cm³/mol. The first kappa shape index (κ1) is 17.2. The van der Waals surface area contributed by atoms with Crippen LogP contribution in [0.15, 0.2) is 42.7 Å². The molecule has 5 nitrogen and oxygen atoms in total. The zero-order chi connectivity index (χ0) is 18.1. The number of likely N-dealkylation sites (tertiary alicyclic amines) is 1. The van der Waals surface area contributed by atoms with Crippen LogP contribution in [-0.4, -0.2) is 59.1 Å². The maximum atomic E-state index is 13.0. The molecule has 2 aromatic rings. The second-order valence-electron chi connectivity index (χ2n) is 7.39. The average Bonchev–Trinajstić information content (AvgIpc) is 3.06. The molecule has 2 saturated heterocycles. The van der Waals surface area contributed by atoms with Crippen molar-refractivity contribution in [1.82, 2.24) is 14.8 Å². The maximum absolute atomic E-state index is 13.0. The Morgan fingerprint density at radius 3 is 2.77 bits per heavy atom. The summed E-state index contributed by atoms with van der Waals surface area (Å²) in [5.74, 6) is 0.108. The van der Waals surface area contributed by atoms with E-state index in [9.17, 15) is 4.79 Å². The van der Waals surface area contributed by atoms with Crippen LogP contribution < -0.4 is 0 Å². The van der Waals surface area contributed by atoms with Crippen LogP contribution in [0.2, 0.25) is 0 Å². The summed E-state index contributed by atoms with van der Waals surface area (Å²) >= 11 is 0. The number of aryl methyl sites for hydroxylation is 2. The number of amides is 1. The van der Waals surface area contributed by atoms with Crippen molar-refractivity contribution in [2.24, 2.45) is 0 Å². The predicted octanol–water partition coefficient (Wildman–Crippen LogP) is 2.42. The third kappa shape index (κ3) is 3.50. The molecule has 2 atom stereocenters. The van der Waals surface area contributed by atoms with E-state index < -0.39 is 0 Å². The fourth-order valence-corrected chi connectivity index (χ4v) is 4.13. The zero-order valence-corrected chi connectivity index (χ0v) is 15.4. The lowest BCUT2D eigenvalue weighted by atomic mass is 10.1. The minimum atomic E-state index is 0.0928. The Bertz CT molecular complexity index is 773. The molecule has 2 aliphatic rings. The van der Waals surface area contributed by atoms with Gasteiger partial charge in [0.15, 0.2) is 0 Å². The number of hydrogen-bond donors (Lipinski definition) is 0. The maximum Gasteiger partial charge on any atom is 0.254 e. The van der Waals surface area contributed by atoms with Gasteiger partial charge >= 0.3 is 0 Å². The number of aromatic nitrogens is 1. The van der Waals surface area contributed by atoms with Crippen LogP contribution in [0.1, 0.15) is 27.0 Å². The van der Waals surface area contributed by atoms with E-state index >= 15 is 0 Å². The molecule has 4 rings (SSSR count). The molecule has 2 aliphatic heterocycles. The van der Waals surface area contributed by atoms with E-state index in [1.165, 1.54) is 5.56 Å². The molecule has 0 spiro atoms. The van der Waals surface area contributed by atoms with Crippen molar-refractivity contribution < 1.29 is 9.53 Å². The van der Waals surface area contributed by atoms with Gasteiger partial charge in [0, 0.05) is 44.1 Å². The number of rotatable bonds is 3. The minimum absolute atomic E-state index is 0.0928. The molecule has 0 saturated carbocycles. The Morgan fingerprint density at radius 1 is 1.23 bits per heavy atom. The molecule has 1 aromatic carbocycles. The van der Waals surface area contributed by atoms with Crippen LogP contribution in [0.3, 0.4) is 0 Å². The van der Waals surface area contributed by atoms with Crippen molar-refractivity contribution in [3.63, 3.8) is 0 Å². The Balaban J connectivity index is 1.49. The Labute approximate surface area is 154 Å². The summed E-state index contributed by atoms with van der Waals surface area (Å²) in [6.07, 6.45) is 3.80. The van der Waals surface area contributed by atoms with Gasteiger partial charge in [0.1, 0.15) is 0 Å². The number of pyridine rings is 1. The van der Waals surface area contributed by atoms with Crippen LogP contribution in [0.5, 0.6) is 0 Å². The highest BCUT2D eigenvalue weighted by Crippen LogP contribution is 2.26. The molecule has 5 heteroatoms. The summed E-state index contributed by atoms with van der Waals surface area (Å²) < 4.78 is 5.98. The highest BCUT2D eigenvalue weighted by molar-refractivity contribution is 5.95. The Hall–Kier alpha value is -2.24. The number of carbonyl (C=O) groups excluding carboxylic acids is 1. The number of carbonyl (C=O) groups is 1. The monoisotopic (exact) mass is 351 g/mol. The molecule has 2 fully saturated rings. The number of hydrogen-bond acceptors (Lipinski definition) is 4. The fraction of sp³-hybridized carbons (Fsp3) is 0.429. The van der Waals surface area contributed by atoms with Crippen LogP contribution in [0, 0.1) is 13.8 Å². The molecule has 26 heavy (non-hydrogen) atoms. The van der Waals surface area contributed by atoms with Gasteiger partial charge in [-0.3, -0.25) is 14.7 Å². The number of morpholine rings is 1. The van der Waals surface area contributed by atoms with E-state index in [0.717, 1.165) is 36.3 Å². The summed E-state index contributed by atoms with van der Waals surface area (Å²) in [6, 6.07) is 10.4. The van der Waals surface area contributed by atoms with Gasteiger partial charge in [0.25, 0.3) is 5.91 Å². The van der Waals surface area contributed by atoms with Gasteiger partial charge in [-0.25, -0.2) is 0 Å². The Kier molecular flexibility index (Phi) is 4.74. The number of benzene rings is 1. The van der Waals surface area contributed by atoms with Crippen LogP contribution in [0.4, 0.5) is 0 Å². The normalized spacial score (nSPS) is 23.1. The third-order valence-electron chi connectivity index (χ3n) is 5.28. The van der Waals surface area contributed by atoms with Gasteiger partial charge in [-0.15, -0.1) is 0 Å². The lowest BCUT2D eigenvalue weighted by molar-refractivity contribution is -0.0503. The average molecular weight is 351 g/mol. The van der Waals surface area contributed by atoms with Crippen molar-refractivity contribution in [2.45, 2.75) is 32.5 Å². The second kappa shape index (κ2) is 7.17. The van der Waals surface area contributed by atoms with Gasteiger partial charge in [0.2, 0.25) is 0 Å². The topological polar surface area (TPSA) is 45.7 Å². The van der Waals surface area contributed by atoms with Crippen molar-refractivity contribution in [3.8, 4) is 0 Å². The first-order valence-electron chi connectivity index (χ1n) is 9.22. The number of fused-ring (bicyclic) bond motifs is 1. The van der Waals surface area contributed by atoms with Crippen LogP contribution in [0.25, 0.3) is 0 Å². The molecular formula is C21H25N3O2. The molecule has 3 heterocycles. The molecular weight excluding hydrogens is 326 g/mol. The van der Waals surface area contributed by atoms with Gasteiger partial charge in [0.05, 0.1) is 18.8 Å². The molecule has 0 bridgehead atoms. The minimum Gasteiger partial charge on any atom is -0.373 e. The number of ether oxygens (including phenoxy) is 1. The van der Waals surface area contributed by atoms with Gasteiger partial charge in [-0.2, -0.15) is 0 Å². The van der Waals surface area contributed by atoms with Gasteiger partial charge in [-0.05, 0) is 37.6 Å². The summed E-state index contributed by atoms with van der Waals surface area (Å²) in [5, 5.41) is 0. The van der Waals surface area contributed by atoms with Crippen molar-refractivity contribution >= 4 is 5.91 Å². The lowest BCUT2D eigenvalue weighted by Gasteiger charge is -2.36. The largest absolute Gasteiger partial charge is 0.373 e. The SMILES string of the molecule is Cc1cc(C)cc(C(=O)N2C[C@@H]3[C@@H](C2)OCCN3Cc2cccnc2)c1. The zero-order valence-electron chi connectivity index (χ0n) is 15.4. The standard InChI is InChI=1S/C21H25N3O2/c1-15-8-16(2)10-18(9-15)21(25)24-13-19-20(14-24)26-7-6-23(19)12-17-4-3-5-22-11-17/h3-5,8-11,19-20H,6-7,12-14H2,1-2H3/t19-,20-/m1/s1. The molecule has 0 unspecified atom stereocenters. The quantitative estimate of drug-likeness (QED) is 0.852. The molecule has 0 aliphatic carbocycles. The smallest absolute Gasteiger partial charge is 0.254 e. The summed E-state index contributed by atoms with van der Waals surface area (Å²) in [6.45, 7) is 7.91. The summed E-state index contributed by atoms with van der Waals surface area (Å²) in [7, 11) is 0. The van der Waals surface area contributed by atoms with Gasteiger partial charge < -0.3 is 9.64 Å². The highest BCUT2D eigenvalue weighted by Gasteiger charge is 2.41. The number of nitrogens with zero attached hydrogens (tertiary/aromatic N) is 3. The first-order valence-corrected chi connectivity index (χ1v) is 9.22. The highest BCUT2D eigenvalue weighted by atomic mass is 16.5. The molecule has 1 aromatic heterocycles. The van der Waals surface area contributed by atoms with E-state index in [2.05, 4.69) is 22.0 Å². The third-order valence-corrected chi connectivity index (χ3v) is 5.28. The van der Waals surface area contributed by atoms with Crippen molar-refractivity contribution in [2.75, 3.05) is 26.2 Å². The van der Waals surface area contributed by atoms with E-state index in [1.54, 1.807) is 6.20 Å². The van der Waals surface area contributed by atoms with E-state index in [4.69, 9.17) is 4.74 Å². The molecule has 0 N–H and O–H groups in total. The van der Waals surface area contributed by atoms with Crippen molar-refractivity contribution in [1.29, 1.82) is 0 Å². The Morgan fingerprint density at radius 2 is 2.04 bits per heavy atom. The molecule has 136 valence electrons. The van der Waals surface area contributed by atoms with E-state index in [-0.39, 0.29) is 18.1 Å². The van der Waals surface area contributed by atoms with Crippen molar-refractivity contribution in [3.05, 3.63) is 65.0 Å². The summed E-state index contributed by atoms with van der Waals surface area (Å²) in [5.41, 5.74) is 4.23. The molecule has 0 radical (unpaired) electrons. The van der Waals surface area contributed by atoms with E-state index in [0.29, 0.717) is 13.2 Å². The summed E-state index contributed by atoms with van der Waals surface area (Å²) in [4.78, 5) is 21.6. The fourth-order valence-electron chi connectivity index (χ4n) is 4.13. The van der Waals surface area contributed by atoms with E-state index in [1.807, 2.05) is 43.1 Å². The molecule has 1 amide bonds. The van der Waals surface area contributed by atoms with Gasteiger partial charge in [-0.1, -0.05) is 23.3 Å². The first-order chi connectivity index (χ1) is 12.6. The van der Waals surface area contributed by atoms with Crippen LogP contribution >= 0.6 is 0 Å². The van der Waals surface area contributed by atoms with Crippen LogP contribution in [-0.2, 0) is 11.3 Å². The lowest BCUT2D eigenvalue weighted by Crippen LogP contribution is -2.50. The second-order valence-corrected chi connectivity index (χ2v) is 7.39.